The molecule has 2 aromatic carbocycles. The van der Waals surface area contributed by atoms with Gasteiger partial charge in [-0.25, -0.2) is 17.2 Å². The standard InChI is InChI=1S/C14H13F2NO3S/c1-20-14-7-6-12(16)8-13(14)17-21(18,19)9-10-2-4-11(15)5-3-10/h2-8,17H,9H2,1H3. The van der Waals surface area contributed by atoms with Crippen molar-refractivity contribution < 1.29 is 21.9 Å². The molecule has 7 heteroatoms. The van der Waals surface area contributed by atoms with E-state index in [1.54, 1.807) is 0 Å². The van der Waals surface area contributed by atoms with Crippen LogP contribution in [0.2, 0.25) is 0 Å². The van der Waals surface area contributed by atoms with Gasteiger partial charge in [0.25, 0.3) is 0 Å². The van der Waals surface area contributed by atoms with E-state index in [2.05, 4.69) is 4.72 Å². The van der Waals surface area contributed by atoms with E-state index in [0.717, 1.165) is 12.1 Å². The Balaban J connectivity index is 2.21. The van der Waals surface area contributed by atoms with E-state index < -0.39 is 21.7 Å². The highest BCUT2D eigenvalue weighted by Crippen LogP contribution is 2.26. The normalized spacial score (nSPS) is 11.2. The van der Waals surface area contributed by atoms with E-state index in [1.165, 1.54) is 37.4 Å². The first-order chi connectivity index (χ1) is 9.89. The maximum Gasteiger partial charge on any atom is 0.237 e. The largest absolute Gasteiger partial charge is 0.495 e. The first kappa shape index (κ1) is 15.2. The third-order valence-corrected chi connectivity index (χ3v) is 3.94. The molecular formula is C14H13F2NO3S. The van der Waals surface area contributed by atoms with Crippen LogP contribution in [0.5, 0.6) is 5.75 Å². The molecule has 112 valence electrons. The predicted molar refractivity (Wildman–Crippen MR) is 75.6 cm³/mol. The quantitative estimate of drug-likeness (QED) is 0.923. The zero-order valence-corrected chi connectivity index (χ0v) is 12.0. The van der Waals surface area contributed by atoms with Crippen molar-refractivity contribution in [2.24, 2.45) is 0 Å². The number of hydrogen-bond donors (Lipinski definition) is 1. The number of hydrogen-bond acceptors (Lipinski definition) is 3. The summed E-state index contributed by atoms with van der Waals surface area (Å²) in [5.41, 5.74) is 0.430. The summed E-state index contributed by atoms with van der Waals surface area (Å²) < 4.78 is 57.3. The number of nitrogens with one attached hydrogen (secondary N) is 1. The fraction of sp³-hybridized carbons (Fsp3) is 0.143. The van der Waals surface area contributed by atoms with Crippen LogP contribution in [0.1, 0.15) is 5.56 Å². The number of anilines is 1. The van der Waals surface area contributed by atoms with Gasteiger partial charge in [-0.3, -0.25) is 4.72 Å². The average molecular weight is 313 g/mol. The topological polar surface area (TPSA) is 55.4 Å². The Hall–Kier alpha value is -2.15. The SMILES string of the molecule is COc1ccc(F)cc1NS(=O)(=O)Cc1ccc(F)cc1. The van der Waals surface area contributed by atoms with Crippen molar-refractivity contribution in [3.63, 3.8) is 0 Å². The highest BCUT2D eigenvalue weighted by atomic mass is 32.2. The maximum absolute atomic E-state index is 13.2. The van der Waals surface area contributed by atoms with Gasteiger partial charge >= 0.3 is 0 Å². The predicted octanol–water partition coefficient (Wildman–Crippen LogP) is 2.92. The Morgan fingerprint density at radius 3 is 2.29 bits per heavy atom. The monoisotopic (exact) mass is 313 g/mol. The van der Waals surface area contributed by atoms with Crippen LogP contribution in [0.4, 0.5) is 14.5 Å². The van der Waals surface area contributed by atoms with Crippen LogP contribution in [0.25, 0.3) is 0 Å². The molecule has 0 radical (unpaired) electrons. The van der Waals surface area contributed by atoms with Gasteiger partial charge in [0.2, 0.25) is 10.0 Å². The molecule has 0 atom stereocenters. The highest BCUT2D eigenvalue weighted by Gasteiger charge is 2.15. The first-order valence-corrected chi connectivity index (χ1v) is 7.63. The molecule has 1 N–H and O–H groups in total. The van der Waals surface area contributed by atoms with Crippen LogP contribution in [0.3, 0.4) is 0 Å². The van der Waals surface area contributed by atoms with Gasteiger partial charge in [-0.2, -0.15) is 0 Å². The van der Waals surface area contributed by atoms with Gasteiger partial charge in [-0.15, -0.1) is 0 Å². The van der Waals surface area contributed by atoms with Crippen LogP contribution < -0.4 is 9.46 Å². The van der Waals surface area contributed by atoms with Crippen molar-refractivity contribution in [2.75, 3.05) is 11.8 Å². The number of ether oxygens (including phenoxy) is 1. The Morgan fingerprint density at radius 2 is 1.67 bits per heavy atom. The molecule has 0 aliphatic carbocycles. The minimum atomic E-state index is -3.77. The lowest BCUT2D eigenvalue weighted by molar-refractivity contribution is 0.416. The number of methoxy groups -OCH3 is 1. The first-order valence-electron chi connectivity index (χ1n) is 5.98. The van der Waals surface area contributed by atoms with E-state index in [0.29, 0.717) is 5.56 Å². The van der Waals surface area contributed by atoms with E-state index in [4.69, 9.17) is 4.74 Å². The van der Waals surface area contributed by atoms with Gasteiger partial charge in [0.05, 0.1) is 18.6 Å². The molecule has 0 saturated carbocycles. The molecule has 0 aromatic heterocycles. The molecule has 0 unspecified atom stereocenters. The molecule has 0 heterocycles. The van der Waals surface area contributed by atoms with E-state index in [9.17, 15) is 17.2 Å². The van der Waals surface area contributed by atoms with Gasteiger partial charge in [-0.1, -0.05) is 12.1 Å². The van der Waals surface area contributed by atoms with E-state index in [-0.39, 0.29) is 17.2 Å². The van der Waals surface area contributed by atoms with E-state index >= 15 is 0 Å². The van der Waals surface area contributed by atoms with Crippen LogP contribution in [0, 0.1) is 11.6 Å². The second-order valence-corrected chi connectivity index (χ2v) is 6.05. The second kappa shape index (κ2) is 6.09. The molecule has 0 bridgehead atoms. The van der Waals surface area contributed by atoms with Gasteiger partial charge in [0.1, 0.15) is 17.4 Å². The molecule has 4 nitrogen and oxygen atoms in total. The van der Waals surface area contributed by atoms with Gasteiger partial charge in [0.15, 0.2) is 0 Å². The number of rotatable bonds is 5. The molecule has 0 aliphatic rings. The van der Waals surface area contributed by atoms with Crippen LogP contribution in [-0.4, -0.2) is 15.5 Å². The summed E-state index contributed by atoms with van der Waals surface area (Å²) in [6.45, 7) is 0. The minimum absolute atomic E-state index is 0.0135. The molecule has 0 amide bonds. The van der Waals surface area contributed by atoms with Gasteiger partial charge < -0.3 is 4.74 Å². The number of benzene rings is 2. The summed E-state index contributed by atoms with van der Waals surface area (Å²) >= 11 is 0. The maximum atomic E-state index is 13.2. The molecule has 0 saturated heterocycles. The summed E-state index contributed by atoms with van der Waals surface area (Å²) in [6.07, 6.45) is 0. The lowest BCUT2D eigenvalue weighted by Crippen LogP contribution is -2.15. The summed E-state index contributed by atoms with van der Waals surface area (Å²) in [6, 6.07) is 8.61. The smallest absolute Gasteiger partial charge is 0.237 e. The molecule has 2 aromatic rings. The Bertz CT molecular complexity index is 730. The zero-order valence-electron chi connectivity index (χ0n) is 11.1. The molecular weight excluding hydrogens is 300 g/mol. The lowest BCUT2D eigenvalue weighted by atomic mass is 10.2. The molecule has 0 fully saturated rings. The molecule has 2 rings (SSSR count). The van der Waals surface area contributed by atoms with Crippen molar-refractivity contribution in [1.29, 1.82) is 0 Å². The molecule has 0 aliphatic heterocycles. The van der Waals surface area contributed by atoms with Gasteiger partial charge in [-0.05, 0) is 29.8 Å². The van der Waals surface area contributed by atoms with Crippen LogP contribution in [-0.2, 0) is 15.8 Å². The van der Waals surface area contributed by atoms with Crippen LogP contribution >= 0.6 is 0 Å². The van der Waals surface area contributed by atoms with Crippen molar-refractivity contribution >= 4 is 15.7 Å². The minimum Gasteiger partial charge on any atom is -0.495 e. The summed E-state index contributed by atoms with van der Waals surface area (Å²) in [7, 11) is -2.42. The van der Waals surface area contributed by atoms with Crippen molar-refractivity contribution in [3.05, 3.63) is 59.7 Å². The molecule has 0 spiro atoms. The van der Waals surface area contributed by atoms with Gasteiger partial charge in [0, 0.05) is 6.07 Å². The Labute approximate surface area is 121 Å². The molecule has 21 heavy (non-hydrogen) atoms. The van der Waals surface area contributed by atoms with Crippen molar-refractivity contribution in [1.82, 2.24) is 0 Å². The third kappa shape index (κ3) is 4.16. The summed E-state index contributed by atoms with van der Waals surface area (Å²) in [5, 5.41) is 0. The van der Waals surface area contributed by atoms with Crippen molar-refractivity contribution in [3.8, 4) is 5.75 Å². The average Bonchev–Trinajstić information content (AvgIpc) is 2.41. The number of halogens is 2. The third-order valence-electron chi connectivity index (χ3n) is 2.70. The fourth-order valence-electron chi connectivity index (χ4n) is 1.76. The second-order valence-electron chi connectivity index (χ2n) is 4.33. The number of sulfonamides is 1. The Kier molecular flexibility index (Phi) is 4.42. The van der Waals surface area contributed by atoms with E-state index in [1.807, 2.05) is 0 Å². The Morgan fingerprint density at radius 1 is 1.05 bits per heavy atom. The van der Waals surface area contributed by atoms with Crippen molar-refractivity contribution in [2.45, 2.75) is 5.75 Å². The van der Waals surface area contributed by atoms with Crippen LogP contribution in [0.15, 0.2) is 42.5 Å². The summed E-state index contributed by atoms with van der Waals surface area (Å²) in [4.78, 5) is 0. The highest BCUT2D eigenvalue weighted by molar-refractivity contribution is 7.91. The zero-order chi connectivity index (χ0) is 15.5. The lowest BCUT2D eigenvalue weighted by Gasteiger charge is -2.12. The summed E-state index contributed by atoms with van der Waals surface area (Å²) in [5.74, 6) is -1.18. The fourth-order valence-corrected chi connectivity index (χ4v) is 2.96.